The van der Waals surface area contributed by atoms with Crippen molar-refractivity contribution in [3.8, 4) is 0 Å². The fourth-order valence-corrected chi connectivity index (χ4v) is 3.01. The molecule has 2 rings (SSSR count). The van der Waals surface area contributed by atoms with Gasteiger partial charge in [-0.05, 0) is 32.4 Å². The predicted molar refractivity (Wildman–Crippen MR) is 80.0 cm³/mol. The van der Waals surface area contributed by atoms with Crippen molar-refractivity contribution in [1.29, 1.82) is 0 Å². The molecule has 1 aliphatic rings. The van der Waals surface area contributed by atoms with Gasteiger partial charge in [0.05, 0.1) is 15.7 Å². The van der Waals surface area contributed by atoms with Crippen molar-refractivity contribution in [2.75, 3.05) is 18.0 Å². The SMILES string of the molecule is CCC1(C)CN(c2c(Cl)cccc2Cl)C(C)CN1. The average molecular weight is 287 g/mol. The second-order valence-corrected chi connectivity index (χ2v) is 6.16. The van der Waals surface area contributed by atoms with Crippen LogP contribution in [0.2, 0.25) is 10.0 Å². The molecule has 2 unspecified atom stereocenters. The van der Waals surface area contributed by atoms with E-state index in [1.165, 1.54) is 0 Å². The van der Waals surface area contributed by atoms with Gasteiger partial charge in [-0.15, -0.1) is 0 Å². The van der Waals surface area contributed by atoms with E-state index < -0.39 is 0 Å². The first-order valence-corrected chi connectivity index (χ1v) is 7.18. The molecule has 0 saturated carbocycles. The highest BCUT2D eigenvalue weighted by molar-refractivity contribution is 6.39. The summed E-state index contributed by atoms with van der Waals surface area (Å²) in [5, 5.41) is 5.07. The van der Waals surface area contributed by atoms with Crippen molar-refractivity contribution in [1.82, 2.24) is 5.32 Å². The van der Waals surface area contributed by atoms with Crippen molar-refractivity contribution in [3.63, 3.8) is 0 Å². The summed E-state index contributed by atoms with van der Waals surface area (Å²) in [5.74, 6) is 0. The molecule has 2 nitrogen and oxygen atoms in total. The first-order valence-electron chi connectivity index (χ1n) is 6.42. The van der Waals surface area contributed by atoms with E-state index in [2.05, 4.69) is 31.0 Å². The Kier molecular flexibility index (Phi) is 4.10. The van der Waals surface area contributed by atoms with Crippen LogP contribution in [0.3, 0.4) is 0 Å². The number of rotatable bonds is 2. The maximum absolute atomic E-state index is 6.32. The molecule has 4 heteroatoms. The van der Waals surface area contributed by atoms with Gasteiger partial charge in [0.15, 0.2) is 0 Å². The lowest BCUT2D eigenvalue weighted by Crippen LogP contribution is -2.62. The molecule has 1 N–H and O–H groups in total. The van der Waals surface area contributed by atoms with Gasteiger partial charge in [-0.2, -0.15) is 0 Å². The van der Waals surface area contributed by atoms with E-state index in [-0.39, 0.29) is 5.54 Å². The van der Waals surface area contributed by atoms with Gasteiger partial charge in [-0.25, -0.2) is 0 Å². The molecule has 18 heavy (non-hydrogen) atoms. The highest BCUT2D eigenvalue weighted by Gasteiger charge is 2.34. The Balaban J connectivity index is 2.36. The summed E-state index contributed by atoms with van der Waals surface area (Å²) in [6, 6.07) is 6.09. The van der Waals surface area contributed by atoms with Gasteiger partial charge in [0.1, 0.15) is 0 Å². The maximum atomic E-state index is 6.32. The summed E-state index contributed by atoms with van der Waals surface area (Å²) in [7, 11) is 0. The second kappa shape index (κ2) is 5.28. The second-order valence-electron chi connectivity index (χ2n) is 5.34. The maximum Gasteiger partial charge on any atom is 0.0748 e. The third-order valence-corrected chi connectivity index (χ3v) is 4.49. The van der Waals surface area contributed by atoms with E-state index >= 15 is 0 Å². The van der Waals surface area contributed by atoms with Crippen molar-refractivity contribution in [3.05, 3.63) is 28.2 Å². The highest BCUT2D eigenvalue weighted by atomic mass is 35.5. The Bertz CT molecular complexity index is 416. The molecule has 2 atom stereocenters. The van der Waals surface area contributed by atoms with E-state index in [1.807, 2.05) is 18.2 Å². The molecule has 1 aromatic carbocycles. The van der Waals surface area contributed by atoms with Crippen molar-refractivity contribution in [2.45, 2.75) is 38.8 Å². The van der Waals surface area contributed by atoms with Crippen LogP contribution >= 0.6 is 23.2 Å². The first-order chi connectivity index (χ1) is 8.47. The number of hydrogen-bond donors (Lipinski definition) is 1. The molecule has 1 heterocycles. The lowest BCUT2D eigenvalue weighted by Gasteiger charge is -2.46. The zero-order valence-corrected chi connectivity index (χ0v) is 12.6. The summed E-state index contributed by atoms with van der Waals surface area (Å²) in [4.78, 5) is 2.32. The van der Waals surface area contributed by atoms with Crippen LogP contribution in [0.4, 0.5) is 5.69 Å². The number of para-hydroxylation sites is 1. The van der Waals surface area contributed by atoms with Crippen LogP contribution in [0.15, 0.2) is 18.2 Å². The molecular formula is C14H20Cl2N2. The summed E-state index contributed by atoms with van der Waals surface area (Å²) < 4.78 is 0. The van der Waals surface area contributed by atoms with Gasteiger partial charge in [-0.1, -0.05) is 36.2 Å². The number of hydrogen-bond acceptors (Lipinski definition) is 2. The van der Waals surface area contributed by atoms with Crippen molar-refractivity contribution < 1.29 is 0 Å². The third-order valence-electron chi connectivity index (χ3n) is 3.88. The molecule has 0 amide bonds. The Morgan fingerprint density at radius 1 is 1.39 bits per heavy atom. The number of nitrogens with one attached hydrogen (secondary N) is 1. The number of piperazine rings is 1. The Morgan fingerprint density at radius 3 is 2.56 bits per heavy atom. The molecule has 0 aromatic heterocycles. The number of halogens is 2. The number of nitrogens with zero attached hydrogens (tertiary/aromatic N) is 1. The lowest BCUT2D eigenvalue weighted by atomic mass is 9.93. The topological polar surface area (TPSA) is 15.3 Å². The molecule has 100 valence electrons. The molecule has 1 aliphatic heterocycles. The average Bonchev–Trinajstić information content (AvgIpc) is 2.34. The van der Waals surface area contributed by atoms with E-state index in [9.17, 15) is 0 Å². The van der Waals surface area contributed by atoms with Crippen LogP contribution in [-0.2, 0) is 0 Å². The fourth-order valence-electron chi connectivity index (χ4n) is 2.39. The van der Waals surface area contributed by atoms with Crippen LogP contribution in [0, 0.1) is 0 Å². The normalized spacial score (nSPS) is 28.5. The quantitative estimate of drug-likeness (QED) is 0.885. The van der Waals surface area contributed by atoms with Crippen LogP contribution in [0.5, 0.6) is 0 Å². The fraction of sp³-hybridized carbons (Fsp3) is 0.571. The molecule has 0 radical (unpaired) electrons. The zero-order chi connectivity index (χ0) is 13.3. The van der Waals surface area contributed by atoms with Gasteiger partial charge < -0.3 is 10.2 Å². The van der Waals surface area contributed by atoms with Crippen LogP contribution in [0.1, 0.15) is 27.2 Å². The molecule has 0 bridgehead atoms. The van der Waals surface area contributed by atoms with E-state index in [4.69, 9.17) is 23.2 Å². The first kappa shape index (κ1) is 14.0. The summed E-state index contributed by atoms with van der Waals surface area (Å²) >= 11 is 12.6. The van der Waals surface area contributed by atoms with Crippen molar-refractivity contribution >= 4 is 28.9 Å². The lowest BCUT2D eigenvalue weighted by molar-refractivity contribution is 0.286. The van der Waals surface area contributed by atoms with E-state index in [0.717, 1.165) is 35.2 Å². The minimum absolute atomic E-state index is 0.120. The molecule has 1 aromatic rings. The molecule has 1 fully saturated rings. The van der Waals surface area contributed by atoms with Gasteiger partial charge in [0.25, 0.3) is 0 Å². The summed E-state index contributed by atoms with van der Waals surface area (Å²) in [6.07, 6.45) is 1.08. The van der Waals surface area contributed by atoms with Gasteiger partial charge in [0.2, 0.25) is 0 Å². The molecule has 1 saturated heterocycles. The summed E-state index contributed by atoms with van der Waals surface area (Å²) in [5.41, 5.74) is 1.09. The highest BCUT2D eigenvalue weighted by Crippen LogP contribution is 2.36. The number of anilines is 1. The Hall–Kier alpha value is -0.440. The van der Waals surface area contributed by atoms with Gasteiger partial charge >= 0.3 is 0 Å². The Labute approximate surface area is 119 Å². The third kappa shape index (κ3) is 2.61. The van der Waals surface area contributed by atoms with Crippen LogP contribution in [-0.4, -0.2) is 24.7 Å². The minimum Gasteiger partial charge on any atom is -0.363 e. The number of benzene rings is 1. The smallest absolute Gasteiger partial charge is 0.0748 e. The molecule has 0 spiro atoms. The largest absolute Gasteiger partial charge is 0.363 e. The van der Waals surface area contributed by atoms with Crippen LogP contribution < -0.4 is 10.2 Å². The molecule has 0 aliphatic carbocycles. The van der Waals surface area contributed by atoms with Gasteiger partial charge in [0, 0.05) is 24.7 Å². The standard InChI is InChI=1S/C14H20Cl2N2/c1-4-14(3)9-18(10(2)8-17-14)13-11(15)6-5-7-12(13)16/h5-7,10,17H,4,8-9H2,1-3H3. The predicted octanol–water partition coefficient (Wildman–Crippen LogP) is 3.96. The molecular weight excluding hydrogens is 267 g/mol. The Morgan fingerprint density at radius 2 is 2.00 bits per heavy atom. The van der Waals surface area contributed by atoms with Gasteiger partial charge in [-0.3, -0.25) is 0 Å². The van der Waals surface area contributed by atoms with E-state index in [1.54, 1.807) is 0 Å². The monoisotopic (exact) mass is 286 g/mol. The summed E-state index contributed by atoms with van der Waals surface area (Å²) in [6.45, 7) is 8.52. The van der Waals surface area contributed by atoms with Crippen molar-refractivity contribution in [2.24, 2.45) is 0 Å². The minimum atomic E-state index is 0.120. The zero-order valence-electron chi connectivity index (χ0n) is 11.1. The van der Waals surface area contributed by atoms with E-state index in [0.29, 0.717) is 6.04 Å². The van der Waals surface area contributed by atoms with Crippen LogP contribution in [0.25, 0.3) is 0 Å².